The van der Waals surface area contributed by atoms with Crippen molar-refractivity contribution in [3.8, 4) is 0 Å². The van der Waals surface area contributed by atoms with E-state index in [0.717, 1.165) is 18.2 Å². The van der Waals surface area contributed by atoms with E-state index in [4.69, 9.17) is 27.9 Å². The van der Waals surface area contributed by atoms with Crippen LogP contribution in [0.5, 0.6) is 0 Å². The third kappa shape index (κ3) is 10.0. The van der Waals surface area contributed by atoms with Crippen molar-refractivity contribution in [1.29, 1.82) is 0 Å². The summed E-state index contributed by atoms with van der Waals surface area (Å²) in [5.41, 5.74) is 0.490. The second-order valence-corrected chi connectivity index (χ2v) is 16.8. The average Bonchev–Trinajstić information content (AvgIpc) is 3.65. The van der Waals surface area contributed by atoms with Crippen molar-refractivity contribution in [3.05, 3.63) is 112 Å². The Morgan fingerprint density at radius 2 is 1.28 bits per heavy atom. The molecule has 22 heteroatoms. The zero-order valence-electron chi connectivity index (χ0n) is 30.4. The minimum Gasteiger partial charge on any atom is -0.466 e. The van der Waals surface area contributed by atoms with Gasteiger partial charge in [0.1, 0.15) is 9.79 Å². The summed E-state index contributed by atoms with van der Waals surface area (Å²) >= 11 is 11.8. The number of nitrogens with zero attached hydrogens (tertiary/aromatic N) is 2. The Hall–Kier alpha value is -5.70. The van der Waals surface area contributed by atoms with Crippen LogP contribution in [0.25, 0.3) is 27.9 Å². The van der Waals surface area contributed by atoms with Gasteiger partial charge in [-0.25, -0.2) is 30.4 Å². The Morgan fingerprint density at radius 1 is 0.783 bits per heavy atom. The monoisotopic (exact) mass is 912 g/mol. The Morgan fingerprint density at radius 3 is 1.80 bits per heavy atom. The molecule has 2 unspecified atom stereocenters. The topological polar surface area (TPSA) is 202 Å². The number of anilines is 2. The molecule has 7 rings (SSSR count). The van der Waals surface area contributed by atoms with Crippen LogP contribution in [-0.2, 0) is 39.1 Å². The van der Waals surface area contributed by atoms with Gasteiger partial charge in [0.15, 0.2) is 23.3 Å². The van der Waals surface area contributed by atoms with E-state index in [1.54, 1.807) is 19.9 Å². The molecule has 0 saturated heterocycles. The Balaban J connectivity index is 0.000000224. The predicted molar refractivity (Wildman–Crippen MR) is 216 cm³/mol. The van der Waals surface area contributed by atoms with E-state index in [2.05, 4.69) is 24.7 Å². The third-order valence-electron chi connectivity index (χ3n) is 8.63. The number of H-pyrrole nitrogens is 2. The zero-order chi connectivity index (χ0) is 42.8. The summed E-state index contributed by atoms with van der Waals surface area (Å²) < 4.78 is 122. The molecule has 2 atom stereocenters. The van der Waals surface area contributed by atoms with Crippen molar-refractivity contribution >= 4 is 94.7 Å². The van der Waals surface area contributed by atoms with Gasteiger partial charge in [0.05, 0.1) is 19.1 Å². The number of aromatic nitrogens is 4. The summed E-state index contributed by atoms with van der Waals surface area (Å²) in [4.78, 5) is 35.0. The van der Waals surface area contributed by atoms with Crippen LogP contribution in [0.4, 0.5) is 29.2 Å². The maximum absolute atomic E-state index is 14.5. The summed E-state index contributed by atoms with van der Waals surface area (Å²) in [6, 6.07) is 10.6. The van der Waals surface area contributed by atoms with Gasteiger partial charge < -0.3 is 19.4 Å². The first kappa shape index (κ1) is 45.4. The summed E-state index contributed by atoms with van der Waals surface area (Å²) in [7, 11) is -8.55. The van der Waals surface area contributed by atoms with E-state index in [1.807, 2.05) is 9.44 Å². The first-order valence-corrected chi connectivity index (χ1v) is 21.0. The van der Waals surface area contributed by atoms with Crippen molar-refractivity contribution in [1.82, 2.24) is 19.9 Å². The van der Waals surface area contributed by atoms with Gasteiger partial charge in [-0.3, -0.25) is 14.2 Å². The van der Waals surface area contributed by atoms with Crippen LogP contribution < -0.4 is 9.44 Å². The van der Waals surface area contributed by atoms with Crippen LogP contribution in [0.2, 0.25) is 10.0 Å². The van der Waals surface area contributed by atoms with Crippen molar-refractivity contribution in [3.63, 3.8) is 0 Å². The lowest BCUT2D eigenvalue weighted by Gasteiger charge is -2.10. The molecule has 1 saturated carbocycles. The molecule has 1 fully saturated rings. The predicted octanol–water partition coefficient (Wildman–Crippen LogP) is 8.47. The molecule has 0 spiro atoms. The van der Waals surface area contributed by atoms with Gasteiger partial charge in [-0.2, -0.15) is 18.7 Å². The SMILES string of the molecule is C.CCOC(=O)/C=C/c1cc(F)c(NS(=O)(=O)c2c[nH]c3cc(Cl)ccc23)nc1F.CCOC(=O)C1CC1c1cc(F)c(NS(=O)(=O)c2c[nH]c3cc(Cl)ccc23)nc1F. The quantitative estimate of drug-likeness (QED) is 0.0399. The van der Waals surface area contributed by atoms with Gasteiger partial charge in [-0.05, 0) is 74.9 Å². The molecular weight excluding hydrogens is 879 g/mol. The van der Waals surface area contributed by atoms with Gasteiger partial charge >= 0.3 is 11.9 Å². The molecule has 4 heterocycles. The minimum atomic E-state index is -4.28. The summed E-state index contributed by atoms with van der Waals surface area (Å²) in [5, 5.41) is 1.46. The van der Waals surface area contributed by atoms with Crippen LogP contribution in [0.15, 0.2) is 76.8 Å². The Labute approximate surface area is 350 Å². The smallest absolute Gasteiger partial charge is 0.330 e. The highest BCUT2D eigenvalue weighted by Crippen LogP contribution is 2.49. The second-order valence-electron chi connectivity index (χ2n) is 12.6. The van der Waals surface area contributed by atoms with Gasteiger partial charge in [0, 0.05) is 67.4 Å². The zero-order valence-corrected chi connectivity index (χ0v) is 33.6. The van der Waals surface area contributed by atoms with Crippen molar-refractivity contribution in [2.45, 2.75) is 43.4 Å². The summed E-state index contributed by atoms with van der Waals surface area (Å²) in [6.07, 6.45) is 4.63. The van der Waals surface area contributed by atoms with E-state index >= 15 is 0 Å². The molecular formula is C38H34Cl2F4N6O8S2. The number of benzene rings is 2. The molecule has 318 valence electrons. The number of rotatable bonds is 12. The van der Waals surface area contributed by atoms with Crippen molar-refractivity contribution in [2.75, 3.05) is 22.7 Å². The molecule has 0 aliphatic heterocycles. The lowest BCUT2D eigenvalue weighted by Crippen LogP contribution is -2.16. The van der Waals surface area contributed by atoms with E-state index in [0.29, 0.717) is 44.3 Å². The molecule has 0 bridgehead atoms. The minimum absolute atomic E-state index is 0. The number of halogens is 6. The second kappa shape index (κ2) is 18.3. The third-order valence-corrected chi connectivity index (χ3v) is 11.9. The Bertz CT molecular complexity index is 2880. The number of hydrogen-bond acceptors (Lipinski definition) is 10. The van der Waals surface area contributed by atoms with E-state index in [-0.39, 0.29) is 41.6 Å². The maximum Gasteiger partial charge on any atom is 0.330 e. The lowest BCUT2D eigenvalue weighted by molar-refractivity contribution is -0.144. The maximum atomic E-state index is 14.5. The van der Waals surface area contributed by atoms with E-state index < -0.39 is 79.0 Å². The van der Waals surface area contributed by atoms with E-state index in [1.165, 1.54) is 42.7 Å². The van der Waals surface area contributed by atoms with Gasteiger partial charge in [-0.1, -0.05) is 30.6 Å². The standard InChI is InChI=1S/C19H16ClF2N3O4S.C18H14ClF2N3O4S.CH4/c1-2-29-19(26)13-6-11(13)12-7-14(21)18(24-17(12)22)25-30(27,28)16-8-23-15-5-9(20)3-4-10(15)16;1-2-28-16(25)6-3-10-7-13(20)18(23-17(10)21)24-29(26,27)15-9-22-14-8-11(19)4-5-12(14)15;/h3-5,7-8,11,13,23H,2,6H2,1H3,(H,24,25);3-9,22H,2H2,1H3,(H,23,24);1H4/b;6-3+;. The van der Waals surface area contributed by atoms with Crippen LogP contribution >= 0.6 is 23.2 Å². The molecule has 60 heavy (non-hydrogen) atoms. The number of hydrogen-bond donors (Lipinski definition) is 4. The number of fused-ring (bicyclic) bond motifs is 2. The normalized spacial score (nSPS) is 14.9. The molecule has 0 radical (unpaired) electrons. The fraction of sp³-hybridized carbons (Fsp3) is 0.211. The van der Waals surface area contributed by atoms with Crippen LogP contribution in [-0.4, -0.2) is 61.9 Å². The number of aromatic amines is 2. The highest BCUT2D eigenvalue weighted by Gasteiger charge is 2.47. The van der Waals surface area contributed by atoms with Crippen LogP contribution in [0.1, 0.15) is 44.7 Å². The van der Waals surface area contributed by atoms with Gasteiger partial charge in [0.25, 0.3) is 20.0 Å². The van der Waals surface area contributed by atoms with Crippen LogP contribution in [0, 0.1) is 29.4 Å². The number of nitrogens with one attached hydrogen (secondary N) is 4. The highest BCUT2D eigenvalue weighted by atomic mass is 35.5. The number of sulfonamides is 2. The number of pyridine rings is 2. The number of carbonyl (C=O) groups is 2. The average molecular weight is 914 g/mol. The first-order valence-electron chi connectivity index (χ1n) is 17.2. The molecule has 4 N–H and O–H groups in total. The fourth-order valence-electron chi connectivity index (χ4n) is 5.83. The molecule has 14 nitrogen and oxygen atoms in total. The van der Waals surface area contributed by atoms with Gasteiger partial charge in [-0.15, -0.1) is 0 Å². The highest BCUT2D eigenvalue weighted by molar-refractivity contribution is 7.93. The number of carbonyl (C=O) groups excluding carboxylic acids is 2. The molecule has 0 amide bonds. The Kier molecular flexibility index (Phi) is 13.8. The van der Waals surface area contributed by atoms with Gasteiger partial charge in [0.2, 0.25) is 11.9 Å². The molecule has 6 aromatic rings. The van der Waals surface area contributed by atoms with Crippen molar-refractivity contribution < 1.29 is 53.5 Å². The fourth-order valence-corrected chi connectivity index (χ4v) is 8.55. The first-order chi connectivity index (χ1) is 27.9. The van der Waals surface area contributed by atoms with Crippen molar-refractivity contribution in [2.24, 2.45) is 5.92 Å². The van der Waals surface area contributed by atoms with Crippen LogP contribution in [0.3, 0.4) is 0 Å². The molecule has 1 aliphatic carbocycles. The molecule has 2 aromatic carbocycles. The summed E-state index contributed by atoms with van der Waals surface area (Å²) in [5.74, 6) is -8.30. The molecule has 4 aromatic heterocycles. The number of esters is 2. The van der Waals surface area contributed by atoms with E-state index in [9.17, 15) is 44.0 Å². The summed E-state index contributed by atoms with van der Waals surface area (Å²) in [6.45, 7) is 3.56. The largest absolute Gasteiger partial charge is 0.466 e. The number of ether oxygens (including phenoxy) is 2. The lowest BCUT2D eigenvalue weighted by atomic mass is 10.1. The molecule has 1 aliphatic rings.